The molecule has 0 unspecified atom stereocenters. The van der Waals surface area contributed by atoms with E-state index in [4.69, 9.17) is 4.74 Å². The number of ether oxygens (including phenoxy) is 2. The van der Waals surface area contributed by atoms with Crippen molar-refractivity contribution in [3.8, 4) is 5.75 Å². The first-order valence-electron chi connectivity index (χ1n) is 5.22. The molecule has 0 aromatic heterocycles. The number of rotatable bonds is 6. The van der Waals surface area contributed by atoms with E-state index in [1.54, 1.807) is 14.2 Å². The van der Waals surface area contributed by atoms with Crippen molar-refractivity contribution in [3.05, 3.63) is 24.3 Å². The maximum Gasteiger partial charge on any atom is 0.131 e. The van der Waals surface area contributed by atoms with Crippen LogP contribution in [0.15, 0.2) is 24.3 Å². The molecule has 0 aliphatic carbocycles. The molecule has 0 saturated heterocycles. The third-order valence-corrected chi connectivity index (χ3v) is 2.40. The maximum atomic E-state index is 10.0. The summed E-state index contributed by atoms with van der Waals surface area (Å²) in [5.41, 5.74) is 0.965. The molecule has 0 aliphatic rings. The van der Waals surface area contributed by atoms with Crippen LogP contribution in [0.3, 0.4) is 0 Å². The van der Waals surface area contributed by atoms with Crippen LogP contribution in [0.5, 0.6) is 5.75 Å². The standard InChI is InChI=1S/C9H11NO2S.C3H8O/c1-12-9-4-2-8(3-5-9)10-13-7-6-11;1-3-4-2/h2-6,10H,7H2,1H3;3H2,1-2H3. The molecule has 0 aliphatic heterocycles. The Labute approximate surface area is 107 Å². The van der Waals surface area contributed by atoms with Gasteiger partial charge in [0, 0.05) is 19.4 Å². The zero-order valence-corrected chi connectivity index (χ0v) is 11.3. The van der Waals surface area contributed by atoms with Gasteiger partial charge in [-0.1, -0.05) is 0 Å². The van der Waals surface area contributed by atoms with Gasteiger partial charge >= 0.3 is 0 Å². The lowest BCUT2D eigenvalue weighted by Crippen LogP contribution is -1.90. The highest BCUT2D eigenvalue weighted by Crippen LogP contribution is 2.17. The monoisotopic (exact) mass is 257 g/mol. The summed E-state index contributed by atoms with van der Waals surface area (Å²) in [6.45, 7) is 2.78. The van der Waals surface area contributed by atoms with Gasteiger partial charge in [0.15, 0.2) is 0 Å². The summed E-state index contributed by atoms with van der Waals surface area (Å²) in [7, 11) is 3.31. The molecule has 0 spiro atoms. The molecule has 1 N–H and O–H groups in total. The van der Waals surface area contributed by atoms with E-state index in [9.17, 15) is 4.79 Å². The van der Waals surface area contributed by atoms with Crippen LogP contribution in [0, 0.1) is 0 Å². The van der Waals surface area contributed by atoms with Gasteiger partial charge in [-0.15, -0.1) is 0 Å². The van der Waals surface area contributed by atoms with E-state index in [-0.39, 0.29) is 0 Å². The second-order valence-corrected chi connectivity index (χ2v) is 3.71. The van der Waals surface area contributed by atoms with E-state index in [0.29, 0.717) is 5.75 Å². The third kappa shape index (κ3) is 8.59. The normalized spacial score (nSPS) is 8.88. The molecule has 0 bridgehead atoms. The number of hydrogen-bond acceptors (Lipinski definition) is 5. The largest absolute Gasteiger partial charge is 0.497 e. The number of hydrogen-bond donors (Lipinski definition) is 1. The van der Waals surface area contributed by atoms with Crippen molar-refractivity contribution >= 4 is 23.9 Å². The predicted molar refractivity (Wildman–Crippen MR) is 72.7 cm³/mol. The number of methoxy groups -OCH3 is 2. The molecule has 0 amide bonds. The lowest BCUT2D eigenvalue weighted by molar-refractivity contribution is -0.105. The minimum absolute atomic E-state index is 0.450. The van der Waals surface area contributed by atoms with Gasteiger partial charge in [-0.05, 0) is 43.1 Å². The Morgan fingerprint density at radius 1 is 1.29 bits per heavy atom. The van der Waals surface area contributed by atoms with Crippen molar-refractivity contribution in [1.82, 2.24) is 0 Å². The molecule has 1 aromatic carbocycles. The van der Waals surface area contributed by atoms with Crippen molar-refractivity contribution in [1.29, 1.82) is 0 Å². The fourth-order valence-corrected chi connectivity index (χ4v) is 1.27. The van der Waals surface area contributed by atoms with Crippen molar-refractivity contribution in [2.75, 3.05) is 31.3 Å². The van der Waals surface area contributed by atoms with E-state index in [1.807, 2.05) is 31.2 Å². The summed E-state index contributed by atoms with van der Waals surface area (Å²) in [5.74, 6) is 1.28. The molecule has 0 radical (unpaired) electrons. The van der Waals surface area contributed by atoms with Gasteiger partial charge in [0.1, 0.15) is 12.0 Å². The fraction of sp³-hybridized carbons (Fsp3) is 0.417. The van der Waals surface area contributed by atoms with Gasteiger partial charge in [-0.25, -0.2) is 0 Å². The molecule has 17 heavy (non-hydrogen) atoms. The van der Waals surface area contributed by atoms with Gasteiger partial charge in [0.2, 0.25) is 0 Å². The molecule has 1 aromatic rings. The van der Waals surface area contributed by atoms with Crippen LogP contribution < -0.4 is 9.46 Å². The van der Waals surface area contributed by atoms with Crippen molar-refractivity contribution in [2.45, 2.75) is 6.92 Å². The molecular formula is C12H19NO3S. The van der Waals surface area contributed by atoms with Crippen LogP contribution in [0.2, 0.25) is 0 Å². The lowest BCUT2D eigenvalue weighted by atomic mass is 10.3. The van der Waals surface area contributed by atoms with Crippen LogP contribution in [0.4, 0.5) is 5.69 Å². The highest BCUT2D eigenvalue weighted by Gasteiger charge is 1.92. The Bertz CT molecular complexity index is 288. The van der Waals surface area contributed by atoms with Gasteiger partial charge < -0.3 is 19.0 Å². The number of carbonyl (C=O) groups excluding carboxylic acids is 1. The van der Waals surface area contributed by atoms with Gasteiger partial charge in [0.25, 0.3) is 0 Å². The van der Waals surface area contributed by atoms with E-state index in [1.165, 1.54) is 11.9 Å². The number of anilines is 1. The Kier molecular flexibility index (Phi) is 10.5. The molecule has 4 nitrogen and oxygen atoms in total. The molecule has 0 atom stereocenters. The van der Waals surface area contributed by atoms with Crippen molar-refractivity contribution < 1.29 is 14.3 Å². The summed E-state index contributed by atoms with van der Waals surface area (Å²) < 4.78 is 12.6. The van der Waals surface area contributed by atoms with Crippen molar-refractivity contribution in [2.24, 2.45) is 0 Å². The van der Waals surface area contributed by atoms with Crippen LogP contribution in [0.1, 0.15) is 6.92 Å². The van der Waals surface area contributed by atoms with E-state index in [2.05, 4.69) is 9.46 Å². The summed E-state index contributed by atoms with van der Waals surface area (Å²) in [4.78, 5) is 10.0. The molecule has 96 valence electrons. The maximum absolute atomic E-state index is 10.0. The fourth-order valence-electron chi connectivity index (χ4n) is 0.818. The van der Waals surface area contributed by atoms with Gasteiger partial charge in [-0.2, -0.15) is 0 Å². The third-order valence-electron chi connectivity index (χ3n) is 1.72. The Morgan fingerprint density at radius 3 is 2.29 bits per heavy atom. The minimum atomic E-state index is 0.450. The van der Waals surface area contributed by atoms with Gasteiger partial charge in [-0.3, -0.25) is 0 Å². The summed E-state index contributed by atoms with van der Waals surface area (Å²) >= 11 is 1.36. The predicted octanol–water partition coefficient (Wildman–Crippen LogP) is 2.61. The second kappa shape index (κ2) is 11.3. The first kappa shape index (κ1) is 15.8. The molecule has 1 rings (SSSR count). The Hall–Kier alpha value is -1.20. The smallest absolute Gasteiger partial charge is 0.131 e. The topological polar surface area (TPSA) is 47.6 Å². The second-order valence-electron chi connectivity index (χ2n) is 2.89. The van der Waals surface area contributed by atoms with Crippen LogP contribution >= 0.6 is 11.9 Å². The first-order chi connectivity index (χ1) is 8.28. The zero-order valence-electron chi connectivity index (χ0n) is 10.4. The Balaban J connectivity index is 0.000000557. The van der Waals surface area contributed by atoms with Crippen LogP contribution in [0.25, 0.3) is 0 Å². The first-order valence-corrected chi connectivity index (χ1v) is 6.21. The van der Waals surface area contributed by atoms with E-state index < -0.39 is 0 Å². The van der Waals surface area contributed by atoms with Crippen LogP contribution in [-0.4, -0.2) is 32.9 Å². The quantitative estimate of drug-likeness (QED) is 0.482. The molecule has 5 heteroatoms. The number of aldehydes is 1. The average Bonchev–Trinajstić information content (AvgIpc) is 2.40. The summed E-state index contributed by atoms with van der Waals surface area (Å²) in [5, 5.41) is 0. The summed E-state index contributed by atoms with van der Waals surface area (Å²) in [6.07, 6.45) is 0.862. The lowest BCUT2D eigenvalue weighted by Gasteiger charge is -2.03. The molecule has 0 heterocycles. The zero-order chi connectivity index (χ0) is 12.9. The number of nitrogens with one attached hydrogen (secondary N) is 1. The minimum Gasteiger partial charge on any atom is -0.497 e. The molecule has 0 saturated carbocycles. The number of benzene rings is 1. The Morgan fingerprint density at radius 2 is 1.88 bits per heavy atom. The number of carbonyl (C=O) groups is 1. The van der Waals surface area contributed by atoms with Gasteiger partial charge in [0.05, 0.1) is 12.9 Å². The van der Waals surface area contributed by atoms with E-state index >= 15 is 0 Å². The van der Waals surface area contributed by atoms with Crippen LogP contribution in [-0.2, 0) is 9.53 Å². The van der Waals surface area contributed by atoms with Crippen molar-refractivity contribution in [3.63, 3.8) is 0 Å². The molecular weight excluding hydrogens is 238 g/mol. The molecule has 0 fully saturated rings. The average molecular weight is 257 g/mol. The SMILES string of the molecule is CCOC.COc1ccc(NSCC=O)cc1. The summed E-state index contributed by atoms with van der Waals surface area (Å²) in [6, 6.07) is 7.53. The highest BCUT2D eigenvalue weighted by molar-refractivity contribution is 8.01. The van der Waals surface area contributed by atoms with E-state index in [0.717, 1.165) is 24.3 Å². The highest BCUT2D eigenvalue weighted by atomic mass is 32.2.